The highest BCUT2D eigenvalue weighted by Crippen LogP contribution is 2.28. The number of hydrogen-bond acceptors (Lipinski definition) is 5. The average molecular weight is 582 g/mol. The van der Waals surface area contributed by atoms with E-state index < -0.39 is 29.8 Å². The first kappa shape index (κ1) is 33.1. The van der Waals surface area contributed by atoms with Gasteiger partial charge in [-0.2, -0.15) is 5.26 Å². The van der Waals surface area contributed by atoms with Gasteiger partial charge in [0, 0.05) is 6.54 Å². The number of nitriles is 1. The van der Waals surface area contributed by atoms with Crippen LogP contribution in [0.25, 0.3) is 0 Å². The van der Waals surface area contributed by atoms with Crippen molar-refractivity contribution in [3.05, 3.63) is 71.3 Å². The number of aliphatic imine (C=N–C) groups is 1. The number of benzene rings is 2. The lowest BCUT2D eigenvalue weighted by molar-refractivity contribution is -0.133. The molecule has 0 spiro atoms. The van der Waals surface area contributed by atoms with Crippen LogP contribution in [-0.2, 0) is 20.8 Å². The van der Waals surface area contributed by atoms with Crippen LogP contribution in [0.2, 0.25) is 0 Å². The summed E-state index contributed by atoms with van der Waals surface area (Å²) in [5.74, 6) is -2.01. The maximum absolute atomic E-state index is 13.8. The van der Waals surface area contributed by atoms with Gasteiger partial charge >= 0.3 is 0 Å². The van der Waals surface area contributed by atoms with Crippen LogP contribution in [0.3, 0.4) is 0 Å². The molecule has 2 aromatic rings. The summed E-state index contributed by atoms with van der Waals surface area (Å²) < 4.78 is 0. The third-order valence-electron chi connectivity index (χ3n) is 7.35. The third kappa shape index (κ3) is 10.4. The van der Waals surface area contributed by atoms with E-state index in [9.17, 15) is 14.4 Å². The van der Waals surface area contributed by atoms with Crippen LogP contribution in [0, 0.1) is 17.2 Å². The van der Waals surface area contributed by atoms with Crippen molar-refractivity contribution in [2.24, 2.45) is 28.1 Å². The summed E-state index contributed by atoms with van der Waals surface area (Å²) in [7, 11) is 0. The predicted octanol–water partition coefficient (Wildman–Crippen LogP) is 2.40. The van der Waals surface area contributed by atoms with Crippen molar-refractivity contribution in [1.29, 1.82) is 5.26 Å². The summed E-state index contributed by atoms with van der Waals surface area (Å²) in [4.78, 5) is 43.5. The molecular weight excluding hydrogens is 542 g/mol. The average Bonchev–Trinajstić information content (AvgIpc) is 2.97. The van der Waals surface area contributed by atoms with E-state index in [1.54, 1.807) is 12.1 Å². The zero-order valence-electron chi connectivity index (χ0n) is 23.1. The van der Waals surface area contributed by atoms with Crippen LogP contribution in [0.4, 0.5) is 0 Å². The van der Waals surface area contributed by atoms with Crippen LogP contribution >= 0.6 is 12.4 Å². The number of guanidine groups is 1. The molecule has 0 bridgehead atoms. The number of halogens is 1. The van der Waals surface area contributed by atoms with Crippen molar-refractivity contribution in [2.45, 2.75) is 69.4 Å². The lowest BCUT2D eigenvalue weighted by Crippen LogP contribution is -2.56. The molecule has 1 aliphatic carbocycles. The normalized spacial score (nSPS) is 15.2. The number of carbonyl (C=O) groups excluding carboxylic acids is 3. The highest BCUT2D eigenvalue weighted by Gasteiger charge is 2.34. The SMILES string of the molecule is Cl.N#Cc1ccc(CC(C(=O)N[C@H](C(=O)N[C@@H](CCCN=C(N)N)C(N)=O)C2CCCCC2)c2ccccc2)cc1. The number of carbonyl (C=O) groups is 3. The minimum absolute atomic E-state index is 0. The Morgan fingerprint density at radius 2 is 1.59 bits per heavy atom. The van der Waals surface area contributed by atoms with E-state index in [1.807, 2.05) is 42.5 Å². The van der Waals surface area contributed by atoms with Gasteiger partial charge in [-0.05, 0) is 61.3 Å². The van der Waals surface area contributed by atoms with Crippen LogP contribution in [0.5, 0.6) is 0 Å². The van der Waals surface area contributed by atoms with E-state index in [-0.39, 0.29) is 36.6 Å². The maximum Gasteiger partial charge on any atom is 0.243 e. The zero-order chi connectivity index (χ0) is 28.9. The second-order valence-corrected chi connectivity index (χ2v) is 10.3. The molecule has 3 atom stereocenters. The predicted molar refractivity (Wildman–Crippen MR) is 161 cm³/mol. The first-order valence-corrected chi connectivity index (χ1v) is 13.8. The number of nitrogens with one attached hydrogen (secondary N) is 2. The van der Waals surface area contributed by atoms with Gasteiger partial charge in [0.05, 0.1) is 17.6 Å². The number of nitrogens with zero attached hydrogens (tertiary/aromatic N) is 2. The van der Waals surface area contributed by atoms with Gasteiger partial charge in [-0.25, -0.2) is 0 Å². The van der Waals surface area contributed by atoms with Gasteiger partial charge in [0.25, 0.3) is 0 Å². The Kier molecular flexibility index (Phi) is 13.6. The molecule has 220 valence electrons. The highest BCUT2D eigenvalue weighted by atomic mass is 35.5. The number of primary amides is 1. The van der Waals surface area contributed by atoms with Gasteiger partial charge in [0.1, 0.15) is 12.1 Å². The van der Waals surface area contributed by atoms with E-state index in [4.69, 9.17) is 22.5 Å². The summed E-state index contributed by atoms with van der Waals surface area (Å²) in [6.07, 6.45) is 5.74. The van der Waals surface area contributed by atoms with E-state index in [2.05, 4.69) is 21.7 Å². The number of nitrogens with two attached hydrogens (primary N) is 3. The third-order valence-corrected chi connectivity index (χ3v) is 7.35. The van der Waals surface area contributed by atoms with Crippen molar-refractivity contribution in [3.63, 3.8) is 0 Å². The summed E-state index contributed by atoms with van der Waals surface area (Å²) in [5.41, 5.74) is 18.6. The number of rotatable bonds is 13. The molecule has 1 saturated carbocycles. The van der Waals surface area contributed by atoms with E-state index in [0.29, 0.717) is 24.9 Å². The summed E-state index contributed by atoms with van der Waals surface area (Å²) >= 11 is 0. The number of hydrogen-bond donors (Lipinski definition) is 5. The van der Waals surface area contributed by atoms with Gasteiger partial charge in [-0.1, -0.05) is 61.7 Å². The van der Waals surface area contributed by atoms with Gasteiger partial charge in [-0.3, -0.25) is 19.4 Å². The lowest BCUT2D eigenvalue weighted by atomic mass is 9.82. The summed E-state index contributed by atoms with van der Waals surface area (Å²) in [5, 5.41) is 15.0. The molecule has 3 rings (SSSR count). The molecule has 3 amide bonds. The number of amides is 3. The topological polar surface area (TPSA) is 189 Å². The monoisotopic (exact) mass is 581 g/mol. The second kappa shape index (κ2) is 16.9. The van der Waals surface area contributed by atoms with Crippen molar-refractivity contribution >= 4 is 36.1 Å². The van der Waals surface area contributed by atoms with Crippen molar-refractivity contribution in [1.82, 2.24) is 10.6 Å². The minimum Gasteiger partial charge on any atom is -0.370 e. The Balaban J connectivity index is 0.00000588. The molecule has 0 heterocycles. The summed E-state index contributed by atoms with van der Waals surface area (Å²) in [6, 6.07) is 16.9. The molecule has 1 unspecified atom stereocenters. The Morgan fingerprint density at radius 3 is 2.17 bits per heavy atom. The van der Waals surface area contributed by atoms with E-state index >= 15 is 0 Å². The maximum atomic E-state index is 13.8. The van der Waals surface area contributed by atoms with Gasteiger partial charge in [-0.15, -0.1) is 12.4 Å². The molecule has 0 aliphatic heterocycles. The van der Waals surface area contributed by atoms with Crippen molar-refractivity contribution in [3.8, 4) is 6.07 Å². The zero-order valence-corrected chi connectivity index (χ0v) is 23.9. The molecule has 1 aliphatic rings. The Bertz CT molecular complexity index is 1200. The Labute approximate surface area is 247 Å². The van der Waals surface area contributed by atoms with Crippen molar-refractivity contribution in [2.75, 3.05) is 6.54 Å². The van der Waals surface area contributed by atoms with E-state index in [0.717, 1.165) is 43.2 Å². The summed E-state index contributed by atoms with van der Waals surface area (Å²) in [6.45, 7) is 0.304. The van der Waals surface area contributed by atoms with Crippen LogP contribution in [0.1, 0.15) is 67.6 Å². The van der Waals surface area contributed by atoms with Gasteiger partial charge in [0.15, 0.2) is 5.96 Å². The van der Waals surface area contributed by atoms with Gasteiger partial charge < -0.3 is 27.8 Å². The largest absolute Gasteiger partial charge is 0.370 e. The molecular formula is C30H40ClN7O3. The molecule has 0 radical (unpaired) electrons. The fourth-order valence-electron chi connectivity index (χ4n) is 5.17. The molecule has 0 aromatic heterocycles. The molecule has 0 saturated heterocycles. The standard InChI is InChI=1S/C30H39N7O3.ClH/c31-19-21-15-13-20(14-16-21)18-24(22-8-3-1-4-9-22)28(39)37-26(23-10-5-2-6-11-23)29(40)36-25(27(32)38)12-7-17-35-30(33)34;/h1,3-4,8-9,13-16,23-26H,2,5-7,10-12,17-18H2,(H2,32,38)(H,36,40)(H,37,39)(H4,33,34,35);1H/t24?,25-,26-;/m0./s1. The molecule has 1 fully saturated rings. The minimum atomic E-state index is -0.909. The quantitative estimate of drug-likeness (QED) is 0.137. The van der Waals surface area contributed by atoms with Crippen molar-refractivity contribution < 1.29 is 14.4 Å². The van der Waals surface area contributed by atoms with Crippen LogP contribution in [-0.4, -0.2) is 42.3 Å². The smallest absolute Gasteiger partial charge is 0.243 e. The fraction of sp³-hybridized carbons (Fsp3) is 0.433. The van der Waals surface area contributed by atoms with E-state index in [1.165, 1.54) is 0 Å². The molecule has 11 heteroatoms. The first-order chi connectivity index (χ1) is 19.3. The highest BCUT2D eigenvalue weighted by molar-refractivity contribution is 5.93. The first-order valence-electron chi connectivity index (χ1n) is 13.8. The lowest BCUT2D eigenvalue weighted by Gasteiger charge is -2.32. The Hall–Kier alpha value is -4.10. The second-order valence-electron chi connectivity index (χ2n) is 10.3. The van der Waals surface area contributed by atoms with Crippen LogP contribution < -0.4 is 27.8 Å². The van der Waals surface area contributed by atoms with Crippen LogP contribution in [0.15, 0.2) is 59.6 Å². The molecule has 10 nitrogen and oxygen atoms in total. The Morgan fingerprint density at radius 1 is 0.927 bits per heavy atom. The molecule has 2 aromatic carbocycles. The fourth-order valence-corrected chi connectivity index (χ4v) is 5.17. The van der Waals surface area contributed by atoms with Gasteiger partial charge in [0.2, 0.25) is 17.7 Å². The molecule has 8 N–H and O–H groups in total. The molecule has 41 heavy (non-hydrogen) atoms.